The van der Waals surface area contributed by atoms with Crippen LogP contribution in [0, 0.1) is 123 Å². The molecule has 7 aromatic rings. The molecule has 24 heteroatoms. The van der Waals surface area contributed by atoms with Crippen LogP contribution in [-0.4, -0.2) is 16.9 Å². The molecule has 0 N–H and O–H groups in total. The van der Waals surface area contributed by atoms with Gasteiger partial charge in [-0.25, -0.2) is 87.8 Å². The van der Waals surface area contributed by atoms with Crippen LogP contribution < -0.4 is 26.4 Å². The quantitative estimate of drug-likeness (QED) is 0.0381. The van der Waals surface area contributed by atoms with Gasteiger partial charge in [-0.1, -0.05) is 48.0 Å². The van der Waals surface area contributed by atoms with E-state index < -0.39 is 144 Å². The number of nitrogens with zero attached hydrogens (tertiary/aromatic N) is 2. The van der Waals surface area contributed by atoms with E-state index in [9.17, 15) is 57.5 Å². The lowest BCUT2D eigenvalue weighted by molar-refractivity contribution is -0.672. The van der Waals surface area contributed by atoms with Gasteiger partial charge in [-0.15, -0.1) is 21.9 Å². The first kappa shape index (κ1) is 49.2. The summed E-state index contributed by atoms with van der Waals surface area (Å²) in [5.41, 5.74) is -10.4. The van der Waals surface area contributed by atoms with E-state index in [2.05, 4.69) is 36.2 Å². The van der Waals surface area contributed by atoms with Crippen molar-refractivity contribution in [1.29, 1.82) is 0 Å². The van der Waals surface area contributed by atoms with Gasteiger partial charge >= 0.3 is 0 Å². The van der Waals surface area contributed by atoms with Crippen LogP contribution in [0.25, 0.3) is 11.3 Å². The Balaban J connectivity index is 0.000000279. The predicted octanol–water partition coefficient (Wildman–Crippen LogP) is 9.07. The maximum atomic E-state index is 15.4. The molecule has 0 unspecified atom stereocenters. The van der Waals surface area contributed by atoms with Gasteiger partial charge in [0.2, 0.25) is 18.0 Å². The summed E-state index contributed by atoms with van der Waals surface area (Å²) in [6, 6.07) is 17.6. The molecule has 6 aromatic carbocycles. The highest BCUT2D eigenvalue weighted by atomic mass is 19.2. The van der Waals surface area contributed by atoms with Crippen LogP contribution in [0.5, 0.6) is 0 Å². The highest BCUT2D eigenvalue weighted by Gasteiger charge is 2.52. The van der Waals surface area contributed by atoms with Crippen LogP contribution in [0.15, 0.2) is 73.2 Å². The van der Waals surface area contributed by atoms with Crippen molar-refractivity contribution < 1.29 is 97.2 Å². The Bertz CT molecular complexity index is 2750. The van der Waals surface area contributed by atoms with E-state index in [4.69, 9.17) is 0 Å². The largest absolute Gasteiger partial charge is 0.287 e. The molecular weight excluding hydrogens is 951 g/mol. The molecule has 0 atom stereocenters. The van der Waals surface area contributed by atoms with Gasteiger partial charge < -0.3 is 0 Å². The standard InChI is InChI=1S/C24BF20.C19H17N2O/c26-5-1(6(27)14(35)21(42)13(5)34)25(2-7(28)15(36)22(43)16(37)8(2)29,3-9(30)17(38)23(44)18(39)10(3)31)4-11(32)19(40)24(45)20(41)12(4)33;1-15-7-9-16(10-8-15)18-13-20-11-12-21(18)14-19(22)17-5-3-2-4-6-17/h;2-13H,14H2,1H3/q-1;+1. The lowest BCUT2D eigenvalue weighted by Crippen LogP contribution is -2.81. The second-order valence-electron chi connectivity index (χ2n) is 14.0. The summed E-state index contributed by atoms with van der Waals surface area (Å²) in [6.07, 6.45) is -1.87. The molecule has 0 saturated heterocycles. The van der Waals surface area contributed by atoms with E-state index in [0.29, 0.717) is 6.54 Å². The summed E-state index contributed by atoms with van der Waals surface area (Å²) in [5, 5.41) is 0. The minimum atomic E-state index is -7.22. The first-order chi connectivity index (χ1) is 31.4. The van der Waals surface area contributed by atoms with Crippen LogP contribution in [0.3, 0.4) is 0 Å². The molecule has 0 spiro atoms. The minimum absolute atomic E-state index is 0.0881. The van der Waals surface area contributed by atoms with Crippen LogP contribution >= 0.6 is 0 Å². The smallest absolute Gasteiger partial charge is 0.231 e. The first-order valence-corrected chi connectivity index (χ1v) is 18.2. The van der Waals surface area contributed by atoms with Crippen LogP contribution in [0.4, 0.5) is 87.8 Å². The van der Waals surface area contributed by atoms with Crippen molar-refractivity contribution in [1.82, 2.24) is 4.98 Å². The van der Waals surface area contributed by atoms with E-state index in [1.807, 2.05) is 41.1 Å². The van der Waals surface area contributed by atoms with Gasteiger partial charge in [-0.2, -0.15) is 4.57 Å². The third kappa shape index (κ3) is 8.00. The third-order valence-corrected chi connectivity index (χ3v) is 10.3. The Morgan fingerprint density at radius 3 is 1.04 bits per heavy atom. The molecular formula is C43H17BF20N2O. The molecule has 7 rings (SSSR count). The molecule has 1 aromatic heterocycles. The predicted molar refractivity (Wildman–Crippen MR) is 195 cm³/mol. The average Bonchev–Trinajstić information content (AvgIpc) is 3.32. The molecule has 67 heavy (non-hydrogen) atoms. The summed E-state index contributed by atoms with van der Waals surface area (Å²) < 4.78 is 296. The number of carbonyl (C=O) groups is 1. The molecule has 348 valence electrons. The van der Waals surface area contributed by atoms with Crippen molar-refractivity contribution in [3.8, 4) is 11.3 Å². The number of hydrogen-bond acceptors (Lipinski definition) is 2. The summed E-state index contributed by atoms with van der Waals surface area (Å²) in [5.74, 6) is -71.3. The Kier molecular flexibility index (Phi) is 13.6. The summed E-state index contributed by atoms with van der Waals surface area (Å²) in [6.45, 7) is 2.36. The Labute approximate surface area is 361 Å². The molecule has 0 aliphatic rings. The Morgan fingerprint density at radius 2 is 0.731 bits per heavy atom. The highest BCUT2D eigenvalue weighted by molar-refractivity contribution is 7.20. The van der Waals surface area contributed by atoms with Crippen LogP contribution in [0.2, 0.25) is 0 Å². The molecule has 1 heterocycles. The van der Waals surface area contributed by atoms with Gasteiger partial charge in [0, 0.05) is 11.1 Å². The monoisotopic (exact) mass is 968 g/mol. The van der Waals surface area contributed by atoms with Gasteiger partial charge in [-0.3, -0.25) is 9.78 Å². The number of aromatic nitrogens is 2. The minimum Gasteiger partial charge on any atom is -0.287 e. The van der Waals surface area contributed by atoms with Crippen molar-refractivity contribution in [3.05, 3.63) is 201 Å². The van der Waals surface area contributed by atoms with Gasteiger partial charge in [0.05, 0.1) is 12.4 Å². The third-order valence-electron chi connectivity index (χ3n) is 10.3. The van der Waals surface area contributed by atoms with Crippen molar-refractivity contribution in [3.63, 3.8) is 0 Å². The van der Waals surface area contributed by atoms with E-state index in [1.165, 1.54) is 5.56 Å². The lowest BCUT2D eigenvalue weighted by Gasteiger charge is -2.44. The molecule has 0 aliphatic heterocycles. The van der Waals surface area contributed by atoms with Crippen molar-refractivity contribution in [2.45, 2.75) is 13.5 Å². The van der Waals surface area contributed by atoms with E-state index in [0.717, 1.165) is 16.8 Å². The molecule has 0 amide bonds. The highest BCUT2D eigenvalue weighted by Crippen LogP contribution is 2.31. The van der Waals surface area contributed by atoms with Gasteiger partial charge in [-0.05, 0) is 19.1 Å². The molecule has 0 saturated carbocycles. The van der Waals surface area contributed by atoms with Crippen molar-refractivity contribution in [2.75, 3.05) is 0 Å². The molecule has 0 fully saturated rings. The summed E-state index contributed by atoms with van der Waals surface area (Å²) in [7, 11) is 0. The maximum Gasteiger partial charge on any atom is 0.231 e. The molecule has 0 radical (unpaired) electrons. The van der Waals surface area contributed by atoms with Crippen molar-refractivity contribution >= 4 is 33.8 Å². The van der Waals surface area contributed by atoms with Crippen LogP contribution in [-0.2, 0) is 6.54 Å². The number of ketones is 1. The van der Waals surface area contributed by atoms with Crippen LogP contribution in [0.1, 0.15) is 15.9 Å². The van der Waals surface area contributed by atoms with Gasteiger partial charge in [0.15, 0.2) is 76.0 Å². The second kappa shape index (κ2) is 18.5. The summed E-state index contributed by atoms with van der Waals surface area (Å²) in [4.78, 5) is 16.6. The second-order valence-corrected chi connectivity index (χ2v) is 14.0. The van der Waals surface area contributed by atoms with E-state index >= 15 is 35.1 Å². The molecule has 0 aliphatic carbocycles. The molecule has 0 bridgehead atoms. The number of hydrogen-bond donors (Lipinski definition) is 0. The number of carbonyl (C=O) groups excluding carboxylic acids is 1. The van der Waals surface area contributed by atoms with E-state index in [-0.39, 0.29) is 5.78 Å². The SMILES string of the molecule is Cc1ccc(-c2cncc[n+]2CC(=O)c2ccccc2)cc1.Fc1c(F)c(F)c([B-](c2c(F)c(F)c(F)c(F)c2F)(c2c(F)c(F)c(F)c(F)c2F)c2c(F)c(F)c(F)c(F)c2F)c(F)c1F. The number of benzene rings is 6. The topological polar surface area (TPSA) is 33.8 Å². The van der Waals surface area contributed by atoms with E-state index in [1.54, 1.807) is 12.4 Å². The Hall–Kier alpha value is -7.27. The average molecular weight is 968 g/mol. The fourth-order valence-electron chi connectivity index (χ4n) is 7.23. The van der Waals surface area contributed by atoms with Crippen molar-refractivity contribution in [2.24, 2.45) is 0 Å². The zero-order chi connectivity index (χ0) is 49.7. The van der Waals surface area contributed by atoms with Gasteiger partial charge in [0.25, 0.3) is 0 Å². The zero-order valence-corrected chi connectivity index (χ0v) is 32.6. The number of aryl methyl sites for hydroxylation is 1. The normalized spacial score (nSPS) is 11.5. The van der Waals surface area contributed by atoms with Gasteiger partial charge in [0.1, 0.15) is 52.7 Å². The summed E-state index contributed by atoms with van der Waals surface area (Å²) >= 11 is 0. The molecule has 3 nitrogen and oxygen atoms in total. The zero-order valence-electron chi connectivity index (χ0n) is 32.6. The first-order valence-electron chi connectivity index (χ1n) is 18.2. The number of Topliss-reactive ketones (excluding diaryl/α,β-unsaturated/α-hetero) is 1. The lowest BCUT2D eigenvalue weighted by atomic mass is 9.12. The maximum absolute atomic E-state index is 15.4. The fraction of sp³-hybridized carbons (Fsp3) is 0.0465. The number of halogens is 20. The fourth-order valence-corrected chi connectivity index (χ4v) is 7.23. The number of rotatable bonds is 8. The Morgan fingerprint density at radius 1 is 0.433 bits per heavy atom.